The van der Waals surface area contributed by atoms with Crippen LogP contribution in [0.25, 0.3) is 11.4 Å². The topological polar surface area (TPSA) is 82.8 Å². The first-order chi connectivity index (χ1) is 9.20. The number of hydrogen-bond donors (Lipinski definition) is 1. The highest BCUT2D eigenvalue weighted by Crippen LogP contribution is 2.16. The first kappa shape index (κ1) is 11.5. The van der Waals surface area contributed by atoms with Gasteiger partial charge in [-0.3, -0.25) is 4.68 Å². The quantitative estimate of drug-likeness (QED) is 0.719. The Bertz CT molecular complexity index is 700. The fourth-order valence-electron chi connectivity index (χ4n) is 1.86. The van der Waals surface area contributed by atoms with E-state index in [0.717, 1.165) is 16.8 Å². The van der Waals surface area contributed by atoms with Gasteiger partial charge in [0.2, 0.25) is 11.7 Å². The van der Waals surface area contributed by atoms with Crippen LogP contribution in [0.15, 0.2) is 41.2 Å². The van der Waals surface area contributed by atoms with Crippen molar-refractivity contribution in [2.45, 2.75) is 6.42 Å². The Morgan fingerprint density at radius 3 is 3.00 bits per heavy atom. The predicted molar refractivity (Wildman–Crippen MR) is 70.2 cm³/mol. The third-order valence-corrected chi connectivity index (χ3v) is 2.74. The Morgan fingerprint density at radius 1 is 1.37 bits per heavy atom. The number of aryl methyl sites for hydroxylation is 1. The Morgan fingerprint density at radius 2 is 2.26 bits per heavy atom. The van der Waals surface area contributed by atoms with E-state index in [9.17, 15) is 0 Å². The van der Waals surface area contributed by atoms with Crippen LogP contribution in [-0.4, -0.2) is 19.9 Å². The molecule has 0 atom stereocenters. The molecule has 2 heterocycles. The summed E-state index contributed by atoms with van der Waals surface area (Å²) in [5, 5.41) is 8.02. The second-order valence-electron chi connectivity index (χ2n) is 4.34. The third-order valence-electron chi connectivity index (χ3n) is 2.74. The second kappa shape index (κ2) is 4.56. The van der Waals surface area contributed by atoms with Crippen LogP contribution in [-0.2, 0) is 13.5 Å². The number of nitrogens with zero attached hydrogens (tertiary/aromatic N) is 4. The van der Waals surface area contributed by atoms with Crippen LogP contribution >= 0.6 is 0 Å². The van der Waals surface area contributed by atoms with Gasteiger partial charge in [-0.15, -0.1) is 0 Å². The van der Waals surface area contributed by atoms with Crippen molar-refractivity contribution in [3.63, 3.8) is 0 Å². The van der Waals surface area contributed by atoms with E-state index in [2.05, 4.69) is 15.2 Å². The van der Waals surface area contributed by atoms with E-state index in [4.69, 9.17) is 10.3 Å². The molecule has 1 aromatic carbocycles. The summed E-state index contributed by atoms with van der Waals surface area (Å²) in [6.07, 6.45) is 4.11. The van der Waals surface area contributed by atoms with E-state index < -0.39 is 0 Å². The summed E-state index contributed by atoms with van der Waals surface area (Å²) in [5.41, 5.74) is 8.34. The highest BCUT2D eigenvalue weighted by Gasteiger charge is 2.10. The molecule has 6 heteroatoms. The van der Waals surface area contributed by atoms with Gasteiger partial charge in [-0.25, -0.2) is 0 Å². The second-order valence-corrected chi connectivity index (χ2v) is 4.34. The van der Waals surface area contributed by atoms with Crippen molar-refractivity contribution in [2.75, 3.05) is 5.73 Å². The van der Waals surface area contributed by atoms with Crippen molar-refractivity contribution in [1.82, 2.24) is 19.9 Å². The summed E-state index contributed by atoms with van der Waals surface area (Å²) in [4.78, 5) is 4.35. The largest absolute Gasteiger partial charge is 0.399 e. The molecule has 0 aliphatic carbocycles. The molecule has 0 unspecified atom stereocenters. The van der Waals surface area contributed by atoms with Crippen LogP contribution in [0.4, 0.5) is 5.69 Å². The molecule has 96 valence electrons. The molecule has 0 amide bonds. The number of nitrogens with two attached hydrogens (primary N) is 1. The maximum absolute atomic E-state index is 5.73. The molecule has 0 aliphatic rings. The molecule has 0 saturated heterocycles. The molecule has 19 heavy (non-hydrogen) atoms. The summed E-state index contributed by atoms with van der Waals surface area (Å²) in [6, 6.07) is 7.62. The van der Waals surface area contributed by atoms with Gasteiger partial charge in [0, 0.05) is 18.9 Å². The van der Waals surface area contributed by atoms with Crippen molar-refractivity contribution in [2.24, 2.45) is 7.05 Å². The number of aromatic nitrogens is 4. The molecule has 0 aliphatic heterocycles. The van der Waals surface area contributed by atoms with Gasteiger partial charge in [0.15, 0.2) is 0 Å². The number of hydrogen-bond acceptors (Lipinski definition) is 5. The lowest BCUT2D eigenvalue weighted by Crippen LogP contribution is -1.91. The molecule has 6 nitrogen and oxygen atoms in total. The minimum atomic E-state index is 0.548. The molecule has 3 aromatic rings. The normalized spacial score (nSPS) is 10.8. The Hall–Kier alpha value is -2.63. The zero-order chi connectivity index (χ0) is 13.2. The third kappa shape index (κ3) is 2.47. The minimum absolute atomic E-state index is 0.548. The van der Waals surface area contributed by atoms with Crippen molar-refractivity contribution in [3.05, 3.63) is 48.1 Å². The summed E-state index contributed by atoms with van der Waals surface area (Å²) in [6.45, 7) is 0. The summed E-state index contributed by atoms with van der Waals surface area (Å²) >= 11 is 0. The van der Waals surface area contributed by atoms with Gasteiger partial charge in [0.25, 0.3) is 0 Å². The van der Waals surface area contributed by atoms with E-state index in [1.54, 1.807) is 10.9 Å². The number of anilines is 1. The standard InChI is InChI=1S/C13H13N5O/c1-18-8-10(7-15-18)13-16-12(19-17-13)6-9-3-2-4-11(14)5-9/h2-5,7-8H,6,14H2,1H3. The van der Waals surface area contributed by atoms with E-state index in [0.29, 0.717) is 18.1 Å². The van der Waals surface area contributed by atoms with Gasteiger partial charge in [0.05, 0.1) is 18.2 Å². The van der Waals surface area contributed by atoms with Crippen LogP contribution in [0, 0.1) is 0 Å². The molecule has 0 saturated carbocycles. The van der Waals surface area contributed by atoms with E-state index in [-0.39, 0.29) is 0 Å². The smallest absolute Gasteiger partial charge is 0.231 e. The van der Waals surface area contributed by atoms with Crippen LogP contribution < -0.4 is 5.73 Å². The predicted octanol–water partition coefficient (Wildman–Crippen LogP) is 1.64. The molecule has 0 bridgehead atoms. The molecule has 2 aromatic heterocycles. The van der Waals surface area contributed by atoms with Crippen molar-refractivity contribution in [3.8, 4) is 11.4 Å². The van der Waals surface area contributed by atoms with Gasteiger partial charge in [-0.2, -0.15) is 10.1 Å². The highest BCUT2D eigenvalue weighted by atomic mass is 16.5. The number of benzene rings is 1. The van der Waals surface area contributed by atoms with Crippen LogP contribution in [0.3, 0.4) is 0 Å². The molecule has 0 spiro atoms. The van der Waals surface area contributed by atoms with E-state index >= 15 is 0 Å². The van der Waals surface area contributed by atoms with Crippen molar-refractivity contribution in [1.29, 1.82) is 0 Å². The zero-order valence-electron chi connectivity index (χ0n) is 10.4. The first-order valence-electron chi connectivity index (χ1n) is 5.87. The monoisotopic (exact) mass is 255 g/mol. The fraction of sp³-hybridized carbons (Fsp3) is 0.154. The number of rotatable bonds is 3. The van der Waals surface area contributed by atoms with Gasteiger partial charge < -0.3 is 10.3 Å². The molecule has 3 rings (SSSR count). The zero-order valence-corrected chi connectivity index (χ0v) is 10.4. The lowest BCUT2D eigenvalue weighted by molar-refractivity contribution is 0.386. The number of nitrogen functional groups attached to an aromatic ring is 1. The maximum Gasteiger partial charge on any atom is 0.231 e. The average Bonchev–Trinajstić information content (AvgIpc) is 2.98. The van der Waals surface area contributed by atoms with Gasteiger partial charge in [-0.05, 0) is 17.7 Å². The van der Waals surface area contributed by atoms with E-state index in [1.165, 1.54) is 0 Å². The molecule has 0 fully saturated rings. The molecular formula is C13H13N5O. The molecular weight excluding hydrogens is 242 g/mol. The van der Waals surface area contributed by atoms with Crippen LogP contribution in [0.2, 0.25) is 0 Å². The van der Waals surface area contributed by atoms with Crippen LogP contribution in [0.1, 0.15) is 11.5 Å². The van der Waals surface area contributed by atoms with Gasteiger partial charge in [-0.1, -0.05) is 17.3 Å². The van der Waals surface area contributed by atoms with Crippen molar-refractivity contribution >= 4 is 5.69 Å². The fourth-order valence-corrected chi connectivity index (χ4v) is 1.86. The Balaban J connectivity index is 1.82. The van der Waals surface area contributed by atoms with E-state index in [1.807, 2.05) is 37.5 Å². The SMILES string of the molecule is Cn1cc(-c2noc(Cc3cccc(N)c3)n2)cn1. The molecule has 2 N–H and O–H groups in total. The lowest BCUT2D eigenvalue weighted by Gasteiger charge is -1.97. The Kier molecular flexibility index (Phi) is 2.75. The Labute approximate surface area is 109 Å². The maximum atomic E-state index is 5.73. The minimum Gasteiger partial charge on any atom is -0.399 e. The summed E-state index contributed by atoms with van der Waals surface area (Å²) in [7, 11) is 1.84. The van der Waals surface area contributed by atoms with Crippen LogP contribution in [0.5, 0.6) is 0 Å². The molecule has 0 radical (unpaired) electrons. The summed E-state index contributed by atoms with van der Waals surface area (Å²) < 4.78 is 6.93. The van der Waals surface area contributed by atoms with Gasteiger partial charge >= 0.3 is 0 Å². The lowest BCUT2D eigenvalue weighted by atomic mass is 10.1. The summed E-state index contributed by atoms with van der Waals surface area (Å²) in [5.74, 6) is 1.11. The average molecular weight is 255 g/mol. The highest BCUT2D eigenvalue weighted by molar-refractivity contribution is 5.51. The van der Waals surface area contributed by atoms with Crippen molar-refractivity contribution < 1.29 is 4.52 Å². The first-order valence-corrected chi connectivity index (χ1v) is 5.87. The van der Waals surface area contributed by atoms with Gasteiger partial charge in [0.1, 0.15) is 0 Å².